The number of nitrogens with two attached hydrogens (primary N) is 1. The second-order valence-electron chi connectivity index (χ2n) is 4.13. The van der Waals surface area contributed by atoms with Gasteiger partial charge in [0.2, 0.25) is 0 Å². The molecule has 0 unspecified atom stereocenters. The van der Waals surface area contributed by atoms with Gasteiger partial charge < -0.3 is 10.5 Å². The van der Waals surface area contributed by atoms with Crippen molar-refractivity contribution in [3.8, 4) is 5.75 Å². The Morgan fingerprint density at radius 3 is 2.52 bits per heavy atom. The lowest BCUT2D eigenvalue weighted by Crippen LogP contribution is -2.14. The summed E-state index contributed by atoms with van der Waals surface area (Å²) in [6.07, 6.45) is 0. The lowest BCUT2D eigenvalue weighted by Gasteiger charge is -2.12. The van der Waals surface area contributed by atoms with Crippen molar-refractivity contribution in [1.82, 2.24) is 0 Å². The fraction of sp³-hybridized carbons (Fsp3) is 0.0769. The summed E-state index contributed by atoms with van der Waals surface area (Å²) in [5.74, 6) is 0.471. The summed E-state index contributed by atoms with van der Waals surface area (Å²) in [6, 6.07) is 8.82. The van der Waals surface area contributed by atoms with Gasteiger partial charge in [0.25, 0.3) is 10.0 Å². The number of nitrogens with one attached hydrogen (secondary N) is 1. The zero-order chi connectivity index (χ0) is 15.6. The second-order valence-corrected chi connectivity index (χ2v) is 6.63. The number of halogens is 2. The third-order valence-corrected chi connectivity index (χ3v) is 4.77. The molecule has 3 N–H and O–H groups in total. The van der Waals surface area contributed by atoms with Crippen LogP contribution >= 0.6 is 23.2 Å². The highest BCUT2D eigenvalue weighted by Gasteiger charge is 2.20. The van der Waals surface area contributed by atoms with Gasteiger partial charge in [0.1, 0.15) is 10.6 Å². The molecule has 2 aromatic carbocycles. The van der Waals surface area contributed by atoms with Crippen LogP contribution in [0.1, 0.15) is 0 Å². The minimum atomic E-state index is -3.92. The van der Waals surface area contributed by atoms with Crippen LogP contribution in [0.15, 0.2) is 41.3 Å². The summed E-state index contributed by atoms with van der Waals surface area (Å²) < 4.78 is 32.2. The van der Waals surface area contributed by atoms with Crippen molar-refractivity contribution >= 4 is 44.6 Å². The molecule has 21 heavy (non-hydrogen) atoms. The van der Waals surface area contributed by atoms with Crippen molar-refractivity contribution in [2.45, 2.75) is 4.90 Å². The number of methoxy groups -OCH3 is 1. The molecule has 0 atom stereocenters. The molecular weight excluding hydrogens is 335 g/mol. The highest BCUT2D eigenvalue weighted by molar-refractivity contribution is 7.92. The molecule has 2 aromatic rings. The number of sulfonamides is 1. The summed E-state index contributed by atoms with van der Waals surface area (Å²) in [5, 5.41) is 0.326. The number of nitrogen functional groups attached to an aromatic ring is 1. The van der Waals surface area contributed by atoms with Crippen molar-refractivity contribution in [3.05, 3.63) is 46.4 Å². The standard InChI is InChI=1S/C13H12Cl2N2O3S/c1-20-9-3-5-11(16)12(7-9)17-21(18,19)13-6-8(14)2-4-10(13)15/h2-7,17H,16H2,1H3. The Balaban J connectivity index is 2.44. The third kappa shape index (κ3) is 3.53. The molecule has 0 bridgehead atoms. The van der Waals surface area contributed by atoms with Gasteiger partial charge in [-0.2, -0.15) is 0 Å². The van der Waals surface area contributed by atoms with Crippen LogP contribution in [0.4, 0.5) is 11.4 Å². The van der Waals surface area contributed by atoms with E-state index in [-0.39, 0.29) is 26.3 Å². The molecule has 0 heterocycles. The molecule has 112 valence electrons. The van der Waals surface area contributed by atoms with Crippen LogP contribution in [0.2, 0.25) is 10.0 Å². The zero-order valence-electron chi connectivity index (χ0n) is 10.9. The maximum Gasteiger partial charge on any atom is 0.263 e. The normalized spacial score (nSPS) is 11.2. The smallest absolute Gasteiger partial charge is 0.263 e. The van der Waals surface area contributed by atoms with Crippen molar-refractivity contribution in [3.63, 3.8) is 0 Å². The maximum absolute atomic E-state index is 12.4. The highest BCUT2D eigenvalue weighted by Crippen LogP contribution is 2.30. The van der Waals surface area contributed by atoms with E-state index < -0.39 is 10.0 Å². The fourth-order valence-electron chi connectivity index (χ4n) is 1.63. The van der Waals surface area contributed by atoms with Gasteiger partial charge in [-0.15, -0.1) is 0 Å². The molecule has 0 aliphatic heterocycles. The lowest BCUT2D eigenvalue weighted by atomic mass is 10.2. The van der Waals surface area contributed by atoms with Gasteiger partial charge >= 0.3 is 0 Å². The molecule has 0 fully saturated rings. The van der Waals surface area contributed by atoms with Crippen molar-refractivity contribution in [2.75, 3.05) is 17.6 Å². The summed E-state index contributed by atoms with van der Waals surface area (Å²) >= 11 is 11.7. The maximum atomic E-state index is 12.4. The lowest BCUT2D eigenvalue weighted by molar-refractivity contribution is 0.415. The Hall–Kier alpha value is -1.63. The molecule has 0 amide bonds. The monoisotopic (exact) mass is 346 g/mol. The minimum absolute atomic E-state index is 0.0633. The van der Waals surface area contributed by atoms with Gasteiger partial charge in [-0.1, -0.05) is 23.2 Å². The number of rotatable bonds is 4. The molecule has 5 nitrogen and oxygen atoms in total. The van der Waals surface area contributed by atoms with Crippen LogP contribution in [0.3, 0.4) is 0 Å². The van der Waals surface area contributed by atoms with E-state index in [0.717, 1.165) is 0 Å². The van der Waals surface area contributed by atoms with E-state index in [1.54, 1.807) is 6.07 Å². The van der Waals surface area contributed by atoms with Crippen molar-refractivity contribution in [1.29, 1.82) is 0 Å². The van der Waals surface area contributed by atoms with Crippen molar-refractivity contribution < 1.29 is 13.2 Å². The van der Waals surface area contributed by atoms with E-state index >= 15 is 0 Å². The minimum Gasteiger partial charge on any atom is -0.497 e. The quantitative estimate of drug-likeness (QED) is 0.831. The predicted molar refractivity (Wildman–Crippen MR) is 84.7 cm³/mol. The molecule has 0 aliphatic carbocycles. The van der Waals surface area contributed by atoms with Gasteiger partial charge in [-0.05, 0) is 30.3 Å². The summed E-state index contributed by atoms with van der Waals surface area (Å²) in [5.41, 5.74) is 6.22. The Bertz CT molecular complexity index is 779. The first-order chi connectivity index (χ1) is 9.83. The summed E-state index contributed by atoms with van der Waals surface area (Å²) in [6.45, 7) is 0. The molecule has 0 saturated heterocycles. The van der Waals surface area contributed by atoms with Crippen LogP contribution in [-0.4, -0.2) is 15.5 Å². The Labute approximate surface area is 132 Å². The average molecular weight is 347 g/mol. The zero-order valence-corrected chi connectivity index (χ0v) is 13.3. The fourth-order valence-corrected chi connectivity index (χ4v) is 3.48. The number of hydrogen-bond donors (Lipinski definition) is 2. The second kappa shape index (κ2) is 6.01. The Morgan fingerprint density at radius 2 is 1.86 bits per heavy atom. The van der Waals surface area contributed by atoms with E-state index in [2.05, 4.69) is 4.72 Å². The Kier molecular flexibility index (Phi) is 4.51. The van der Waals surface area contributed by atoms with Gasteiger partial charge in [0.05, 0.1) is 23.5 Å². The van der Waals surface area contributed by atoms with E-state index in [1.807, 2.05) is 0 Å². The molecule has 8 heteroatoms. The summed E-state index contributed by atoms with van der Waals surface area (Å²) in [4.78, 5) is -0.126. The largest absolute Gasteiger partial charge is 0.497 e. The van der Waals surface area contributed by atoms with E-state index in [4.69, 9.17) is 33.7 Å². The van der Waals surface area contributed by atoms with Crippen LogP contribution in [-0.2, 0) is 10.0 Å². The molecule has 0 spiro atoms. The average Bonchev–Trinajstić information content (AvgIpc) is 2.43. The molecule has 0 aromatic heterocycles. The summed E-state index contributed by atoms with van der Waals surface area (Å²) in [7, 11) is -2.45. The molecule has 0 radical (unpaired) electrons. The first-order valence-corrected chi connectivity index (χ1v) is 7.99. The SMILES string of the molecule is COc1ccc(N)c(NS(=O)(=O)c2cc(Cl)ccc2Cl)c1. The number of benzene rings is 2. The molecule has 0 saturated carbocycles. The third-order valence-electron chi connectivity index (χ3n) is 2.69. The van der Waals surface area contributed by atoms with Gasteiger partial charge in [0.15, 0.2) is 0 Å². The van der Waals surface area contributed by atoms with Gasteiger partial charge in [-0.25, -0.2) is 8.42 Å². The van der Waals surface area contributed by atoms with Gasteiger partial charge in [0, 0.05) is 11.1 Å². The van der Waals surface area contributed by atoms with Crippen LogP contribution in [0.5, 0.6) is 5.75 Å². The van der Waals surface area contributed by atoms with Crippen LogP contribution in [0.25, 0.3) is 0 Å². The van der Waals surface area contributed by atoms with Crippen LogP contribution < -0.4 is 15.2 Å². The van der Waals surface area contributed by atoms with Crippen LogP contribution in [0, 0.1) is 0 Å². The number of hydrogen-bond acceptors (Lipinski definition) is 4. The molecular formula is C13H12Cl2N2O3S. The molecule has 2 rings (SSSR count). The van der Waals surface area contributed by atoms with E-state index in [1.165, 1.54) is 37.4 Å². The van der Waals surface area contributed by atoms with E-state index in [9.17, 15) is 8.42 Å². The molecule has 0 aliphatic rings. The predicted octanol–water partition coefficient (Wildman–Crippen LogP) is 3.39. The first-order valence-electron chi connectivity index (χ1n) is 5.75. The first kappa shape index (κ1) is 15.8. The van der Waals surface area contributed by atoms with E-state index in [0.29, 0.717) is 5.75 Å². The van der Waals surface area contributed by atoms with Crippen molar-refractivity contribution in [2.24, 2.45) is 0 Å². The number of anilines is 2. The topological polar surface area (TPSA) is 81.4 Å². The Morgan fingerprint density at radius 1 is 1.14 bits per heavy atom. The number of ether oxygens (including phenoxy) is 1. The van der Waals surface area contributed by atoms with Gasteiger partial charge in [-0.3, -0.25) is 4.72 Å². The highest BCUT2D eigenvalue weighted by atomic mass is 35.5.